The summed E-state index contributed by atoms with van der Waals surface area (Å²) in [6.07, 6.45) is 10.4. The molecule has 2 aromatic carbocycles. The highest BCUT2D eigenvalue weighted by Crippen LogP contribution is 2.32. The molecule has 3 fully saturated rings. The van der Waals surface area contributed by atoms with Crippen LogP contribution in [0.5, 0.6) is 0 Å². The second-order valence-corrected chi connectivity index (χ2v) is 16.9. The maximum absolute atomic E-state index is 12.6. The first-order chi connectivity index (χ1) is 27.1. The smallest absolute Gasteiger partial charge is 0.253 e. The second-order valence-electron chi connectivity index (χ2n) is 14.9. The van der Waals surface area contributed by atoms with E-state index in [1.54, 1.807) is 13.3 Å². The molecule has 2 aliphatic heterocycles. The quantitative estimate of drug-likeness (QED) is 0.202. The Morgan fingerprint density at radius 2 is 1.34 bits per heavy atom. The molecule has 13 nitrogen and oxygen atoms in total. The Balaban J connectivity index is 0.000000164. The number of benzene rings is 2. The van der Waals surface area contributed by atoms with E-state index >= 15 is 0 Å². The molecule has 3 aliphatic rings. The minimum Gasteiger partial charge on any atom is -0.382 e. The molecule has 0 radical (unpaired) electrons. The van der Waals surface area contributed by atoms with Crippen molar-refractivity contribution in [1.82, 2.24) is 33.3 Å². The van der Waals surface area contributed by atoms with Crippen molar-refractivity contribution in [1.29, 1.82) is 0 Å². The Labute approximate surface area is 326 Å². The first-order valence-electron chi connectivity index (χ1n) is 19.3. The third-order valence-electron chi connectivity index (χ3n) is 10.8. The number of amides is 2. The second kappa shape index (κ2) is 15.9. The van der Waals surface area contributed by atoms with Gasteiger partial charge in [0, 0.05) is 92.9 Å². The minimum absolute atomic E-state index is 0.0525. The van der Waals surface area contributed by atoms with Gasteiger partial charge in [0.1, 0.15) is 5.82 Å². The van der Waals surface area contributed by atoms with Gasteiger partial charge in [-0.25, -0.2) is 17.4 Å². The summed E-state index contributed by atoms with van der Waals surface area (Å²) < 4.78 is 28.5. The number of carbonyl (C=O) groups is 2. The number of nitrogens with zero attached hydrogens (tertiary/aromatic N) is 7. The average molecular weight is 774 g/mol. The fourth-order valence-electron chi connectivity index (χ4n) is 7.51. The van der Waals surface area contributed by atoms with Crippen LogP contribution in [0.25, 0.3) is 33.3 Å². The van der Waals surface area contributed by atoms with E-state index in [1.165, 1.54) is 18.2 Å². The van der Waals surface area contributed by atoms with Crippen LogP contribution in [0.4, 0.5) is 11.6 Å². The molecule has 0 spiro atoms. The van der Waals surface area contributed by atoms with Crippen LogP contribution in [-0.4, -0.2) is 99.1 Å². The fraction of sp³-hybridized carbons (Fsp3) is 0.333. The molecular weight excluding hydrogens is 727 g/mol. The summed E-state index contributed by atoms with van der Waals surface area (Å²) in [4.78, 5) is 28.9. The zero-order valence-electron chi connectivity index (χ0n) is 31.5. The monoisotopic (exact) mass is 773 g/mol. The van der Waals surface area contributed by atoms with Gasteiger partial charge in [-0.05, 0) is 73.1 Å². The van der Waals surface area contributed by atoms with Gasteiger partial charge in [-0.15, -0.1) is 0 Å². The normalized spacial score (nSPS) is 16.8. The van der Waals surface area contributed by atoms with E-state index in [-0.39, 0.29) is 17.7 Å². The number of likely N-dealkylation sites (tertiary alicyclic amines) is 1. The zero-order chi connectivity index (χ0) is 38.8. The number of carbonyl (C=O) groups excluding carboxylic acids is 2. The number of nitrogens with one attached hydrogen (secondary N) is 1. The van der Waals surface area contributed by atoms with E-state index in [9.17, 15) is 18.0 Å². The van der Waals surface area contributed by atoms with Crippen LogP contribution < -0.4 is 11.1 Å². The Morgan fingerprint density at radius 3 is 1.95 bits per heavy atom. The number of rotatable bonds is 8. The number of pyridine rings is 2. The number of piperidine rings is 1. The molecule has 290 valence electrons. The Bertz CT molecular complexity index is 2460. The van der Waals surface area contributed by atoms with Crippen LogP contribution in [0, 0.1) is 5.92 Å². The highest BCUT2D eigenvalue weighted by atomic mass is 32.2. The number of hydrogen-bond acceptors (Lipinski definition) is 8. The summed E-state index contributed by atoms with van der Waals surface area (Å²) in [7, 11) is -3.11. The first-order valence-corrected chi connectivity index (χ1v) is 21.1. The number of piperazine rings is 1. The van der Waals surface area contributed by atoms with E-state index in [0.717, 1.165) is 97.3 Å². The number of fused-ring (bicyclic) bond motifs is 2. The van der Waals surface area contributed by atoms with Crippen LogP contribution in [0.3, 0.4) is 0 Å². The molecule has 2 saturated heterocycles. The summed E-state index contributed by atoms with van der Waals surface area (Å²) in [5.41, 5.74) is 13.9. The molecule has 6 heterocycles. The van der Waals surface area contributed by atoms with Gasteiger partial charge < -0.3 is 16.0 Å². The maximum Gasteiger partial charge on any atom is 0.253 e. The van der Waals surface area contributed by atoms with Gasteiger partial charge >= 0.3 is 0 Å². The molecule has 56 heavy (non-hydrogen) atoms. The topological polar surface area (TPSA) is 151 Å². The van der Waals surface area contributed by atoms with Gasteiger partial charge in [0.25, 0.3) is 5.91 Å². The molecule has 4 aromatic heterocycles. The number of sulfonamides is 1. The summed E-state index contributed by atoms with van der Waals surface area (Å²) in [5.74, 6) is 1.41. The van der Waals surface area contributed by atoms with Crippen molar-refractivity contribution in [2.45, 2.75) is 38.6 Å². The standard InChI is InChI=1S/C23H27N5O3S.C19H20N4O/c1-32(30,31)27-13-11-26(12-14-27)16-17-4-6-18(7-5-17)20-3-2-10-28-21(20)15-22(25-28)24-23(29)19-8-9-19;20-18-13-17-16(5-4-12-23(17)21-18)14-6-8-15(9-7-14)19(24)22-10-2-1-3-11-22/h2-7,10,15,19H,8-9,11-14,16H2,1H3,(H,24,25,29);4-9,12-13H,1-3,10-11H2,(H2,20,21). The van der Waals surface area contributed by atoms with Gasteiger partial charge in [0.05, 0.1) is 17.3 Å². The highest BCUT2D eigenvalue weighted by molar-refractivity contribution is 7.88. The SMILES string of the molecule is CS(=O)(=O)N1CCN(Cc2ccc(-c3cccn4nc(NC(=O)C5CC5)cc34)cc2)CC1.Nc1cc2c(-c3ccc(C(=O)N4CCCCC4)cc3)cccn2n1. The number of nitrogens with two attached hydrogens (primary N) is 1. The van der Waals surface area contributed by atoms with Gasteiger partial charge in [-0.2, -0.15) is 14.5 Å². The fourth-order valence-corrected chi connectivity index (χ4v) is 8.34. The van der Waals surface area contributed by atoms with Crippen molar-refractivity contribution in [3.8, 4) is 22.3 Å². The van der Waals surface area contributed by atoms with E-state index in [2.05, 4.69) is 50.7 Å². The third kappa shape index (κ3) is 8.47. The van der Waals surface area contributed by atoms with Gasteiger partial charge in [0.15, 0.2) is 5.82 Å². The van der Waals surface area contributed by atoms with Gasteiger partial charge in [0.2, 0.25) is 15.9 Å². The zero-order valence-corrected chi connectivity index (χ0v) is 32.4. The summed E-state index contributed by atoms with van der Waals surface area (Å²) in [6.45, 7) is 5.09. The molecule has 14 heteroatoms. The first kappa shape index (κ1) is 37.4. The van der Waals surface area contributed by atoms with Crippen LogP contribution in [-0.2, 0) is 21.4 Å². The predicted octanol–water partition coefficient (Wildman–Crippen LogP) is 5.64. The van der Waals surface area contributed by atoms with Crippen LogP contribution >= 0.6 is 0 Å². The third-order valence-corrected chi connectivity index (χ3v) is 12.1. The molecule has 0 atom stereocenters. The van der Waals surface area contributed by atoms with Crippen molar-refractivity contribution < 1.29 is 18.0 Å². The summed E-state index contributed by atoms with van der Waals surface area (Å²) in [6, 6.07) is 28.0. The molecule has 6 aromatic rings. The lowest BCUT2D eigenvalue weighted by Gasteiger charge is -2.33. The van der Waals surface area contributed by atoms with E-state index in [4.69, 9.17) is 5.73 Å². The van der Waals surface area contributed by atoms with Crippen molar-refractivity contribution >= 4 is 44.5 Å². The number of aromatic nitrogens is 4. The molecule has 9 rings (SSSR count). The lowest BCUT2D eigenvalue weighted by atomic mass is 10.0. The lowest BCUT2D eigenvalue weighted by molar-refractivity contribution is -0.117. The Kier molecular flexibility index (Phi) is 10.6. The minimum atomic E-state index is -3.11. The summed E-state index contributed by atoms with van der Waals surface area (Å²) >= 11 is 0. The molecule has 1 aliphatic carbocycles. The Hall–Kier alpha value is -5.57. The molecule has 0 unspecified atom stereocenters. The van der Waals surface area contributed by atoms with Crippen molar-refractivity contribution in [2.75, 3.05) is 56.6 Å². The van der Waals surface area contributed by atoms with E-state index < -0.39 is 10.0 Å². The number of hydrogen-bond donors (Lipinski definition) is 2. The van der Waals surface area contributed by atoms with E-state index in [1.807, 2.05) is 71.9 Å². The largest absolute Gasteiger partial charge is 0.382 e. The van der Waals surface area contributed by atoms with E-state index in [0.29, 0.717) is 24.7 Å². The predicted molar refractivity (Wildman–Crippen MR) is 218 cm³/mol. The molecule has 1 saturated carbocycles. The summed E-state index contributed by atoms with van der Waals surface area (Å²) in [5, 5.41) is 11.7. The van der Waals surface area contributed by atoms with Crippen molar-refractivity contribution in [2.24, 2.45) is 5.92 Å². The Morgan fingerprint density at radius 1 is 0.750 bits per heavy atom. The average Bonchev–Trinajstić information content (AvgIpc) is 3.87. The van der Waals surface area contributed by atoms with Crippen molar-refractivity contribution in [3.63, 3.8) is 0 Å². The van der Waals surface area contributed by atoms with Gasteiger partial charge in [-0.1, -0.05) is 48.5 Å². The number of nitrogen functional groups attached to an aromatic ring is 1. The van der Waals surface area contributed by atoms with Crippen molar-refractivity contribution in [3.05, 3.63) is 108 Å². The van der Waals surface area contributed by atoms with Crippen LogP contribution in [0.1, 0.15) is 48.0 Å². The lowest BCUT2D eigenvalue weighted by Crippen LogP contribution is -2.47. The van der Waals surface area contributed by atoms with Crippen LogP contribution in [0.15, 0.2) is 97.3 Å². The number of anilines is 2. The highest BCUT2D eigenvalue weighted by Gasteiger charge is 2.30. The molecular formula is C42H47N9O4S. The maximum atomic E-state index is 12.6. The van der Waals surface area contributed by atoms with Crippen LogP contribution in [0.2, 0.25) is 0 Å². The van der Waals surface area contributed by atoms with Gasteiger partial charge in [-0.3, -0.25) is 14.5 Å². The molecule has 3 N–H and O–H groups in total. The molecule has 2 amide bonds. The molecule has 0 bridgehead atoms.